The molecule has 6 heterocycles. The molecule has 0 aliphatic carbocycles. The first-order valence-corrected chi connectivity index (χ1v) is 16.1. The highest BCUT2D eigenvalue weighted by Gasteiger charge is 2.49. The fraction of sp³-hybridized carbons (Fsp3) is 0.500. The summed E-state index contributed by atoms with van der Waals surface area (Å²) in [6, 6.07) is 9.72. The van der Waals surface area contributed by atoms with E-state index in [2.05, 4.69) is 20.1 Å². The number of fused-ring (bicyclic) bond motifs is 5. The standard InChI is InChI=1S/C34H38F2N6O3/c1-3-19-6-4-7-20-12-24(43)13-25(26(19)20)29-28(36)30-27(32(38-29)44-2)31(41-16-22-8-9-23(17-41)37-22)40-33(39-30)45-18-34-10-5-11-42(34)15-21(35)14-34/h4,6-7,12-13,21-23,37,43H,3,5,8-11,14-18H2,1-2H3/t21-,22?,23?,34+/m1/s1. The van der Waals surface area contributed by atoms with E-state index in [1.807, 2.05) is 25.1 Å². The van der Waals surface area contributed by atoms with Crippen molar-refractivity contribution in [3.63, 3.8) is 0 Å². The van der Waals surface area contributed by atoms with Crippen LogP contribution in [-0.4, -0.2) is 88.6 Å². The number of alkyl halides is 1. The zero-order valence-electron chi connectivity index (χ0n) is 25.7. The lowest BCUT2D eigenvalue weighted by Gasteiger charge is -2.34. The van der Waals surface area contributed by atoms with Crippen LogP contribution in [0.15, 0.2) is 30.3 Å². The Bertz CT molecular complexity index is 1790. The highest BCUT2D eigenvalue weighted by molar-refractivity contribution is 6.03. The van der Waals surface area contributed by atoms with Crippen molar-refractivity contribution in [3.05, 3.63) is 41.7 Å². The number of hydrogen-bond donors (Lipinski definition) is 2. The molecule has 4 saturated heterocycles. The van der Waals surface area contributed by atoms with Crippen LogP contribution in [0, 0.1) is 5.82 Å². The Balaban J connectivity index is 1.31. The number of hydrogen-bond acceptors (Lipinski definition) is 9. The third-order valence-electron chi connectivity index (χ3n) is 10.3. The van der Waals surface area contributed by atoms with Crippen molar-refractivity contribution in [3.8, 4) is 28.9 Å². The Kier molecular flexibility index (Phi) is 6.94. The first-order chi connectivity index (χ1) is 21.9. The highest BCUT2D eigenvalue weighted by Crippen LogP contribution is 2.44. The average Bonchev–Trinajstić information content (AvgIpc) is 3.69. The summed E-state index contributed by atoms with van der Waals surface area (Å²) in [7, 11) is 1.51. The molecule has 4 aliphatic rings. The molecule has 4 aromatic rings. The molecule has 2 aromatic heterocycles. The van der Waals surface area contributed by atoms with Gasteiger partial charge in [0.1, 0.15) is 40.9 Å². The van der Waals surface area contributed by atoms with Crippen LogP contribution in [0.25, 0.3) is 32.9 Å². The normalized spacial score (nSPS) is 26.2. The quantitative estimate of drug-likeness (QED) is 0.292. The lowest BCUT2D eigenvalue weighted by molar-refractivity contribution is 0.107. The zero-order chi connectivity index (χ0) is 30.9. The third-order valence-corrected chi connectivity index (χ3v) is 10.3. The summed E-state index contributed by atoms with van der Waals surface area (Å²) in [5.74, 6) is 0.100. The van der Waals surface area contributed by atoms with Crippen molar-refractivity contribution in [1.29, 1.82) is 0 Å². The second-order valence-electron chi connectivity index (χ2n) is 13.1. The summed E-state index contributed by atoms with van der Waals surface area (Å²) < 4.78 is 43.7. The molecule has 4 aliphatic heterocycles. The Morgan fingerprint density at radius 3 is 2.69 bits per heavy atom. The number of nitrogens with one attached hydrogen (secondary N) is 1. The predicted octanol–water partition coefficient (Wildman–Crippen LogP) is 5.16. The van der Waals surface area contributed by atoms with Crippen LogP contribution in [0.5, 0.6) is 17.6 Å². The van der Waals surface area contributed by atoms with Crippen molar-refractivity contribution in [2.75, 3.05) is 44.8 Å². The average molecular weight is 617 g/mol. The van der Waals surface area contributed by atoms with Crippen molar-refractivity contribution in [1.82, 2.24) is 25.2 Å². The lowest BCUT2D eigenvalue weighted by atomic mass is 9.95. The highest BCUT2D eigenvalue weighted by atomic mass is 19.1. The van der Waals surface area contributed by atoms with Crippen molar-refractivity contribution < 1.29 is 23.4 Å². The molecule has 8 rings (SSSR count). The number of phenolic OH excluding ortho intramolecular Hbond substituents is 1. The summed E-state index contributed by atoms with van der Waals surface area (Å²) in [5, 5.41) is 16.3. The SMILES string of the molecule is CCc1cccc2cc(O)cc(-c3nc(OC)c4c(N5CC6CCC(C5)N6)nc(OC[C@@]56CCCN5C[C@H](F)C6)nc4c3F)c12. The predicted molar refractivity (Wildman–Crippen MR) is 169 cm³/mol. The van der Waals surface area contributed by atoms with Crippen LogP contribution in [0.1, 0.15) is 44.6 Å². The van der Waals surface area contributed by atoms with Gasteiger partial charge in [0.05, 0.1) is 12.6 Å². The number of ether oxygens (including phenoxy) is 2. The zero-order valence-corrected chi connectivity index (χ0v) is 25.7. The molecule has 0 amide bonds. The molecule has 45 heavy (non-hydrogen) atoms. The van der Waals surface area contributed by atoms with Gasteiger partial charge >= 0.3 is 6.01 Å². The lowest BCUT2D eigenvalue weighted by Crippen LogP contribution is -2.51. The maximum Gasteiger partial charge on any atom is 0.319 e. The van der Waals surface area contributed by atoms with E-state index in [-0.39, 0.29) is 35.5 Å². The third kappa shape index (κ3) is 4.74. The number of piperazine rings is 1. The number of rotatable bonds is 7. The molecule has 0 spiro atoms. The summed E-state index contributed by atoms with van der Waals surface area (Å²) in [6.07, 6.45) is 4.20. The number of halogens is 2. The van der Waals surface area contributed by atoms with E-state index >= 15 is 4.39 Å². The molecule has 236 valence electrons. The summed E-state index contributed by atoms with van der Waals surface area (Å²) in [4.78, 5) is 18.6. The minimum Gasteiger partial charge on any atom is -0.508 e. The second-order valence-corrected chi connectivity index (χ2v) is 13.1. The first kappa shape index (κ1) is 28.6. The number of aromatic hydroxyl groups is 1. The smallest absolute Gasteiger partial charge is 0.319 e. The van der Waals surface area contributed by atoms with Crippen molar-refractivity contribution in [2.24, 2.45) is 0 Å². The topological polar surface area (TPSA) is 95.9 Å². The molecule has 9 nitrogen and oxygen atoms in total. The Labute approximate surface area is 260 Å². The Hall–Kier alpha value is -3.83. The van der Waals surface area contributed by atoms with Gasteiger partial charge in [0.25, 0.3) is 0 Å². The fourth-order valence-corrected chi connectivity index (χ4v) is 8.31. The van der Waals surface area contributed by atoms with Crippen molar-refractivity contribution in [2.45, 2.75) is 69.2 Å². The minimum absolute atomic E-state index is 0.0119. The number of anilines is 1. The van der Waals surface area contributed by atoms with Crippen LogP contribution in [-0.2, 0) is 6.42 Å². The monoisotopic (exact) mass is 616 g/mol. The molecule has 2 N–H and O–H groups in total. The van der Waals surface area contributed by atoms with Gasteiger partial charge in [-0.2, -0.15) is 9.97 Å². The van der Waals surface area contributed by atoms with Crippen LogP contribution in [0.4, 0.5) is 14.6 Å². The van der Waals surface area contributed by atoms with Gasteiger partial charge in [-0.3, -0.25) is 4.90 Å². The maximum atomic E-state index is 17.0. The van der Waals surface area contributed by atoms with Crippen LogP contribution >= 0.6 is 0 Å². The molecule has 0 saturated carbocycles. The van der Waals surface area contributed by atoms with E-state index in [0.29, 0.717) is 54.9 Å². The minimum atomic E-state index is -0.890. The van der Waals surface area contributed by atoms with Gasteiger partial charge < -0.3 is 24.8 Å². The van der Waals surface area contributed by atoms with Crippen LogP contribution in [0.2, 0.25) is 0 Å². The molecular formula is C34H38F2N6O3. The largest absolute Gasteiger partial charge is 0.508 e. The number of methoxy groups -OCH3 is 1. The first-order valence-electron chi connectivity index (χ1n) is 16.1. The second kappa shape index (κ2) is 10.9. The number of aryl methyl sites for hydroxylation is 1. The fourth-order valence-electron chi connectivity index (χ4n) is 8.31. The number of aromatic nitrogens is 3. The summed E-state index contributed by atoms with van der Waals surface area (Å²) in [5.41, 5.74) is 1.15. The van der Waals surface area contributed by atoms with E-state index in [1.165, 1.54) is 7.11 Å². The summed E-state index contributed by atoms with van der Waals surface area (Å²) >= 11 is 0. The number of pyridine rings is 1. The molecule has 2 unspecified atom stereocenters. The Morgan fingerprint density at radius 2 is 1.91 bits per heavy atom. The number of benzene rings is 2. The van der Waals surface area contributed by atoms with Gasteiger partial charge in [-0.1, -0.05) is 25.1 Å². The molecule has 0 radical (unpaired) electrons. The van der Waals surface area contributed by atoms with Gasteiger partial charge in [-0.05, 0) is 67.1 Å². The Morgan fingerprint density at radius 1 is 1.09 bits per heavy atom. The van der Waals surface area contributed by atoms with E-state index in [4.69, 9.17) is 19.4 Å². The molecule has 11 heteroatoms. The van der Waals surface area contributed by atoms with Crippen LogP contribution < -0.4 is 19.7 Å². The van der Waals surface area contributed by atoms with Gasteiger partial charge in [-0.15, -0.1) is 0 Å². The molecule has 2 aromatic carbocycles. The summed E-state index contributed by atoms with van der Waals surface area (Å²) in [6.45, 7) is 4.93. The molecule has 4 fully saturated rings. The molecular weight excluding hydrogens is 578 g/mol. The van der Waals surface area contributed by atoms with Gasteiger partial charge in [0.15, 0.2) is 5.82 Å². The van der Waals surface area contributed by atoms with Gasteiger partial charge in [-0.25, -0.2) is 13.8 Å². The molecule has 2 bridgehead atoms. The number of phenols is 1. The van der Waals surface area contributed by atoms with Gasteiger partial charge in [0, 0.05) is 43.7 Å². The van der Waals surface area contributed by atoms with E-state index < -0.39 is 17.5 Å². The number of nitrogens with zero attached hydrogens (tertiary/aromatic N) is 5. The van der Waals surface area contributed by atoms with Crippen LogP contribution in [0.3, 0.4) is 0 Å². The van der Waals surface area contributed by atoms with E-state index in [0.717, 1.165) is 55.0 Å². The maximum absolute atomic E-state index is 17.0. The van der Waals surface area contributed by atoms with E-state index in [1.54, 1.807) is 12.1 Å². The van der Waals surface area contributed by atoms with Crippen molar-refractivity contribution >= 4 is 27.5 Å². The molecule has 4 atom stereocenters. The van der Waals surface area contributed by atoms with E-state index in [9.17, 15) is 9.50 Å². The van der Waals surface area contributed by atoms with Gasteiger partial charge in [0.2, 0.25) is 5.88 Å².